The van der Waals surface area contributed by atoms with Gasteiger partial charge in [-0.1, -0.05) is 6.07 Å². The fourth-order valence-corrected chi connectivity index (χ4v) is 7.24. The van der Waals surface area contributed by atoms with Crippen LogP contribution in [0.1, 0.15) is 18.1 Å². The first-order valence-corrected chi connectivity index (χ1v) is 27.0. The van der Waals surface area contributed by atoms with Crippen LogP contribution in [0, 0.1) is 0 Å². The molecule has 0 saturated carbocycles. The maximum absolute atomic E-state index is 16.7. The van der Waals surface area contributed by atoms with Gasteiger partial charge in [-0.05, 0) is 11.5 Å². The first-order chi connectivity index (χ1) is 53.9. The minimum atomic E-state index is -10.3. The van der Waals surface area contributed by atoms with Crippen molar-refractivity contribution in [2.75, 3.05) is 5.32 Å². The van der Waals surface area contributed by atoms with Gasteiger partial charge in [-0.2, -0.15) is 307 Å². The molecule has 0 aliphatic rings. The van der Waals surface area contributed by atoms with Gasteiger partial charge in [-0.15, -0.1) is 0 Å². The van der Waals surface area contributed by atoms with E-state index in [9.17, 15) is 252 Å². The Morgan fingerprint density at radius 2 is 0.386 bits per heavy atom. The van der Waals surface area contributed by atoms with Gasteiger partial charge in [0.25, 0.3) is 0 Å². The fourth-order valence-electron chi connectivity index (χ4n) is 7.24. The van der Waals surface area contributed by atoms with Crippen molar-refractivity contribution in [2.24, 2.45) is 0 Å². The minimum Gasteiger partial charge on any atom is -0.423 e. The summed E-state index contributed by atoms with van der Waals surface area (Å²) in [7, 11) is -5.68. The van der Waals surface area contributed by atoms with Gasteiger partial charge in [-0.25, -0.2) is 0 Å². The van der Waals surface area contributed by atoms with E-state index >= 15 is 70.2 Å². The summed E-state index contributed by atoms with van der Waals surface area (Å²) in [5, 5.41) is 18.9. The molecule has 85 heteroatoms. The molecule has 752 valence electrons. The minimum absolute atomic E-state index is 0.309. The second-order valence-electron chi connectivity index (χ2n) is 22.3. The molecule has 10 unspecified atom stereocenters. The highest BCUT2D eigenvalue weighted by Gasteiger charge is 2.95. The highest BCUT2D eigenvalue weighted by atomic mass is 19.5. The van der Waals surface area contributed by atoms with Gasteiger partial charge in [0, 0.05) is 18.1 Å². The maximum Gasteiger partial charge on any atom is 0.489 e. The Bertz CT molecular complexity index is 4010. The predicted octanol–water partition coefficient (Wildman–Crippen LogP) is 21.0. The summed E-state index contributed by atoms with van der Waals surface area (Å²) in [6.45, 7) is -0.896. The first-order valence-electron chi connectivity index (χ1n) is 27.0. The SMILES string of the molecule is CC(=O)Nc1cc(C(F)(OC(F)(F)C(F)(OC(F)(F)C(F)(OC(F)(F)C(F)(OC(F)(F)C(F)(OC(F)(F)C(F)(F)C(F)(F)F)C(F)(F)F)C(F)(F)F)C(F)(F)F)C(F)(F)F)C(F)(F)F)cc(B(O)O)c1C(F)(OC(F)(F)C(F)(OC(F)(F)C(F)(OC(F)(F)C(F)(OC(F)(F)C(F)(OC(F)(F)C(F)(F)C(F)(F)F)C(F)(F)F)C(F)(F)F)C(F)(F)F)C(F)(F)F)C(F)(F)F. The molecular formula is C42H8BF70NO13. The highest BCUT2D eigenvalue weighted by molar-refractivity contribution is 6.59. The Kier molecular flexibility index (Phi) is 29.9. The molecule has 0 aromatic heterocycles. The van der Waals surface area contributed by atoms with Crippen molar-refractivity contribution in [2.45, 2.75) is 213 Å². The average molecular weight is 2080 g/mol. The van der Waals surface area contributed by atoms with Crippen LogP contribution < -0.4 is 10.8 Å². The fraction of sp³-hybridized carbons (Fsp3) is 0.833. The van der Waals surface area contributed by atoms with Crippen LogP contribution in [-0.4, -0.2) is 217 Å². The van der Waals surface area contributed by atoms with Gasteiger partial charge < -0.3 is 15.4 Å². The van der Waals surface area contributed by atoms with Crippen LogP contribution in [-0.2, 0) is 63.9 Å². The van der Waals surface area contributed by atoms with Gasteiger partial charge in [0.15, 0.2) is 0 Å². The van der Waals surface area contributed by atoms with E-state index in [0.29, 0.717) is 37.9 Å². The summed E-state index contributed by atoms with van der Waals surface area (Å²) in [6, 6.07) is -5.49. The molecule has 0 saturated heterocycles. The Morgan fingerprint density at radius 3 is 0.528 bits per heavy atom. The number of benzene rings is 1. The zero-order valence-corrected chi connectivity index (χ0v) is 54.6. The summed E-state index contributed by atoms with van der Waals surface area (Å²) in [5.74, 6) is -119. The van der Waals surface area contributed by atoms with Crippen molar-refractivity contribution >= 4 is 24.2 Å². The van der Waals surface area contributed by atoms with Crippen molar-refractivity contribution < 1.29 is 370 Å². The largest absolute Gasteiger partial charge is 0.489 e. The standard InChI is InChI=1S/C42H8BF70NO13/c1-4(115)114-7-3-5(9(44,21(58,59)60)118-35(98,99)13(50,25(70,71)72)122-39(106,107)17(54,29(82,83)84)126-41(110,111)19(56,31(88,89)90)124-37(102,103)15(52,27(76,77)78)120-33(94,95)11(46,47)23(64,65)66)2-6(43(116)117)8(7)10(45,22(61,62)63)119-36(100,101)14(51,26(73,74)75)123-40(108,109)18(55,30(85,86)87)127-42(112,113)20(57,32(91,92)93)125-38(104,105)16(53,28(79,80)81)121-34(96,97)12(48,49)24(67,68)69/h2-3,116-117H,1H3,(H,114,115). The zero-order valence-electron chi connectivity index (χ0n) is 54.6. The lowest BCUT2D eigenvalue weighted by atomic mass is 9.73. The van der Waals surface area contributed by atoms with Gasteiger partial charge in [0.05, 0.1) is 5.69 Å². The number of anilines is 1. The number of amides is 1. The van der Waals surface area contributed by atoms with Crippen molar-refractivity contribution in [3.8, 4) is 0 Å². The van der Waals surface area contributed by atoms with E-state index in [4.69, 9.17) is 0 Å². The third-order valence-corrected chi connectivity index (χ3v) is 13.2. The molecule has 1 rings (SSSR count). The molecule has 1 aromatic rings. The van der Waals surface area contributed by atoms with Crippen LogP contribution in [0.2, 0.25) is 0 Å². The van der Waals surface area contributed by atoms with Crippen LogP contribution >= 0.6 is 0 Å². The molecular weight excluding hydrogens is 2070 g/mol. The van der Waals surface area contributed by atoms with Gasteiger partial charge in [0.1, 0.15) is 0 Å². The number of nitrogens with one attached hydrogen (secondary N) is 1. The summed E-state index contributed by atoms with van der Waals surface area (Å²) in [5.41, 5.74) is -18.6. The number of carbonyl (C=O) groups is 1. The van der Waals surface area contributed by atoms with E-state index in [1.54, 1.807) is 0 Å². The van der Waals surface area contributed by atoms with Crippen LogP contribution in [0.4, 0.5) is 313 Å². The third kappa shape index (κ3) is 19.9. The molecule has 0 bridgehead atoms. The second kappa shape index (κ2) is 32.1. The normalized spacial score (nSPS) is 20.4. The summed E-state index contributed by atoms with van der Waals surface area (Å²) in [6.07, 6.45) is -210. The van der Waals surface area contributed by atoms with E-state index in [2.05, 4.69) is 0 Å². The summed E-state index contributed by atoms with van der Waals surface area (Å²) in [4.78, 5) is 12.0. The molecule has 0 spiro atoms. The zero-order chi connectivity index (χ0) is 104. The first kappa shape index (κ1) is 118. The van der Waals surface area contributed by atoms with E-state index in [-0.39, 0.29) is 5.32 Å². The number of carbonyl (C=O) groups excluding carboxylic acids is 1. The van der Waals surface area contributed by atoms with E-state index in [1.165, 1.54) is 9.47 Å². The Labute approximate surface area is 635 Å². The molecule has 0 aliphatic heterocycles. The molecule has 0 fully saturated rings. The summed E-state index contributed by atoms with van der Waals surface area (Å²) >= 11 is 0. The monoisotopic (exact) mass is 2070 g/mol. The maximum atomic E-state index is 16.7. The Hall–Kier alpha value is -6.63. The molecule has 10 atom stereocenters. The Balaban J connectivity index is 4.89. The molecule has 127 heavy (non-hydrogen) atoms. The highest BCUT2D eigenvalue weighted by Crippen LogP contribution is 2.68. The number of halogens is 70. The van der Waals surface area contributed by atoms with Crippen LogP contribution in [0.25, 0.3) is 0 Å². The molecule has 0 aliphatic carbocycles. The lowest BCUT2D eigenvalue weighted by Crippen LogP contribution is -2.73. The molecule has 1 aromatic carbocycles. The third-order valence-electron chi connectivity index (χ3n) is 13.2. The predicted molar refractivity (Wildman–Crippen MR) is 230 cm³/mol. The van der Waals surface area contributed by atoms with Crippen molar-refractivity contribution in [3.63, 3.8) is 0 Å². The topological polar surface area (TPSA) is 162 Å². The lowest BCUT2D eigenvalue weighted by Gasteiger charge is -2.45. The number of hydrogen-bond acceptors (Lipinski definition) is 13. The quantitative estimate of drug-likeness (QED) is 0.0442. The van der Waals surface area contributed by atoms with Crippen LogP contribution in [0.5, 0.6) is 0 Å². The van der Waals surface area contributed by atoms with Gasteiger partial charge >= 0.3 is 213 Å². The van der Waals surface area contributed by atoms with Gasteiger partial charge in [-0.3, -0.25) is 52.2 Å². The lowest BCUT2D eigenvalue weighted by molar-refractivity contribution is -0.601. The number of ether oxygens (including phenoxy) is 10. The number of hydrogen-bond donors (Lipinski definition) is 3. The smallest absolute Gasteiger partial charge is 0.423 e. The number of rotatable bonds is 34. The molecule has 3 N–H and O–H groups in total. The molecule has 14 nitrogen and oxygen atoms in total. The van der Waals surface area contributed by atoms with E-state index < -0.39 is 260 Å². The van der Waals surface area contributed by atoms with Crippen LogP contribution in [0.3, 0.4) is 0 Å². The molecule has 0 radical (unpaired) electrons. The van der Waals surface area contributed by atoms with Crippen molar-refractivity contribution in [1.82, 2.24) is 0 Å². The summed E-state index contributed by atoms with van der Waals surface area (Å²) < 4.78 is 1000. The van der Waals surface area contributed by atoms with E-state index in [1.807, 2.05) is 0 Å². The van der Waals surface area contributed by atoms with Crippen molar-refractivity contribution in [3.05, 3.63) is 23.3 Å². The molecule has 1 amide bonds. The van der Waals surface area contributed by atoms with E-state index in [0.717, 1.165) is 0 Å². The number of alkyl halides is 70. The second-order valence-corrected chi connectivity index (χ2v) is 22.3. The van der Waals surface area contributed by atoms with Crippen LogP contribution in [0.15, 0.2) is 12.1 Å². The average Bonchev–Trinajstić information content (AvgIpc) is 0.713. The van der Waals surface area contributed by atoms with Crippen molar-refractivity contribution in [1.29, 1.82) is 0 Å². The Morgan fingerprint density at radius 1 is 0.228 bits per heavy atom. The van der Waals surface area contributed by atoms with Gasteiger partial charge in [0.2, 0.25) is 5.91 Å². The molecule has 0 heterocycles.